The Balaban J connectivity index is 1.87. The molecule has 0 aliphatic carbocycles. The standard InChI is InChI=1S/C23H25N3O/c1-14(2)16-10-12-18(13-11-16)22-19-20(17-8-6-5-7-9-17)24-25-21(19)23(27)26(22)15(3)4/h5-15,22H,1-4H3,(H,24,25). The van der Waals surface area contributed by atoms with Crippen LogP contribution in [0.2, 0.25) is 0 Å². The first-order valence-corrected chi connectivity index (χ1v) is 9.55. The molecule has 4 rings (SSSR count). The summed E-state index contributed by atoms with van der Waals surface area (Å²) in [6.45, 7) is 8.51. The summed E-state index contributed by atoms with van der Waals surface area (Å²) in [4.78, 5) is 15.1. The fourth-order valence-corrected chi connectivity index (χ4v) is 3.90. The van der Waals surface area contributed by atoms with Gasteiger partial charge < -0.3 is 4.90 Å². The number of H-pyrrole nitrogens is 1. The molecule has 0 fully saturated rings. The van der Waals surface area contributed by atoms with Gasteiger partial charge in [0.25, 0.3) is 5.91 Å². The lowest BCUT2D eigenvalue weighted by Gasteiger charge is -2.30. The van der Waals surface area contributed by atoms with Crippen molar-refractivity contribution >= 4 is 5.91 Å². The molecule has 0 saturated heterocycles. The Morgan fingerprint density at radius 1 is 0.963 bits per heavy atom. The molecular formula is C23H25N3O. The van der Waals surface area contributed by atoms with E-state index in [2.05, 4.69) is 62.2 Å². The highest BCUT2D eigenvalue weighted by molar-refractivity contribution is 6.00. The SMILES string of the molecule is CC(C)c1ccc(C2c3c(-c4ccccc4)n[nH]c3C(=O)N2C(C)C)cc1. The summed E-state index contributed by atoms with van der Waals surface area (Å²) < 4.78 is 0. The third-order valence-electron chi connectivity index (χ3n) is 5.33. The summed E-state index contributed by atoms with van der Waals surface area (Å²) >= 11 is 0. The number of nitrogens with zero attached hydrogens (tertiary/aromatic N) is 2. The molecule has 0 radical (unpaired) electrons. The third kappa shape index (κ3) is 2.85. The molecule has 1 unspecified atom stereocenters. The van der Waals surface area contributed by atoms with Gasteiger partial charge in [0.05, 0.1) is 11.7 Å². The third-order valence-corrected chi connectivity index (χ3v) is 5.33. The zero-order valence-electron chi connectivity index (χ0n) is 16.2. The predicted molar refractivity (Wildman–Crippen MR) is 108 cm³/mol. The van der Waals surface area contributed by atoms with E-state index in [0.29, 0.717) is 11.6 Å². The van der Waals surface area contributed by atoms with Crippen molar-refractivity contribution in [2.45, 2.75) is 45.7 Å². The summed E-state index contributed by atoms with van der Waals surface area (Å²) in [5, 5.41) is 7.51. The van der Waals surface area contributed by atoms with Crippen molar-refractivity contribution in [1.82, 2.24) is 15.1 Å². The first kappa shape index (κ1) is 17.5. The van der Waals surface area contributed by atoms with E-state index in [1.54, 1.807) is 0 Å². The van der Waals surface area contributed by atoms with Crippen LogP contribution in [0.3, 0.4) is 0 Å². The Hall–Kier alpha value is -2.88. The topological polar surface area (TPSA) is 49.0 Å². The molecule has 2 aromatic carbocycles. The van der Waals surface area contributed by atoms with Crippen LogP contribution in [-0.4, -0.2) is 27.0 Å². The maximum atomic E-state index is 13.1. The molecule has 1 aliphatic rings. The van der Waals surface area contributed by atoms with E-state index >= 15 is 0 Å². The van der Waals surface area contributed by atoms with Gasteiger partial charge in [0.2, 0.25) is 0 Å². The quantitative estimate of drug-likeness (QED) is 0.700. The first-order chi connectivity index (χ1) is 13.0. The number of amides is 1. The van der Waals surface area contributed by atoms with Crippen LogP contribution in [0, 0.1) is 0 Å². The molecule has 0 bridgehead atoms. The van der Waals surface area contributed by atoms with Gasteiger partial charge in [-0.25, -0.2) is 0 Å². The van der Waals surface area contributed by atoms with Gasteiger partial charge in [0.1, 0.15) is 5.69 Å². The Morgan fingerprint density at radius 3 is 2.22 bits per heavy atom. The van der Waals surface area contributed by atoms with Crippen molar-refractivity contribution < 1.29 is 4.79 Å². The molecular weight excluding hydrogens is 334 g/mol. The Bertz CT molecular complexity index is 955. The van der Waals surface area contributed by atoms with Gasteiger partial charge in [0, 0.05) is 17.2 Å². The van der Waals surface area contributed by atoms with E-state index in [0.717, 1.165) is 22.4 Å². The van der Waals surface area contributed by atoms with Crippen LogP contribution >= 0.6 is 0 Å². The number of benzene rings is 2. The number of nitrogens with one attached hydrogen (secondary N) is 1. The Morgan fingerprint density at radius 2 is 1.63 bits per heavy atom. The molecule has 138 valence electrons. The van der Waals surface area contributed by atoms with Crippen LogP contribution in [0.1, 0.15) is 66.8 Å². The molecule has 27 heavy (non-hydrogen) atoms. The van der Waals surface area contributed by atoms with Crippen molar-refractivity contribution in [3.05, 3.63) is 77.0 Å². The van der Waals surface area contributed by atoms with Gasteiger partial charge in [-0.3, -0.25) is 9.89 Å². The second kappa shape index (κ2) is 6.69. The lowest BCUT2D eigenvalue weighted by molar-refractivity contribution is 0.0688. The van der Waals surface area contributed by atoms with Gasteiger partial charge in [-0.05, 0) is 30.9 Å². The van der Waals surface area contributed by atoms with Crippen molar-refractivity contribution in [3.8, 4) is 11.3 Å². The van der Waals surface area contributed by atoms with Crippen molar-refractivity contribution in [3.63, 3.8) is 0 Å². The van der Waals surface area contributed by atoms with Gasteiger partial charge >= 0.3 is 0 Å². The number of fused-ring (bicyclic) bond motifs is 1. The molecule has 1 aliphatic heterocycles. The average Bonchev–Trinajstić information content (AvgIpc) is 3.21. The van der Waals surface area contributed by atoms with E-state index in [-0.39, 0.29) is 18.0 Å². The van der Waals surface area contributed by atoms with E-state index < -0.39 is 0 Å². The number of aromatic nitrogens is 2. The monoisotopic (exact) mass is 359 g/mol. The number of carbonyl (C=O) groups is 1. The molecule has 4 nitrogen and oxygen atoms in total. The fourth-order valence-electron chi connectivity index (χ4n) is 3.90. The Kier molecular flexibility index (Phi) is 4.34. The van der Waals surface area contributed by atoms with E-state index in [1.165, 1.54) is 5.56 Å². The zero-order chi connectivity index (χ0) is 19.1. The molecule has 2 heterocycles. The summed E-state index contributed by atoms with van der Waals surface area (Å²) in [5.74, 6) is 0.502. The lowest BCUT2D eigenvalue weighted by Crippen LogP contribution is -2.35. The van der Waals surface area contributed by atoms with Gasteiger partial charge in [-0.15, -0.1) is 0 Å². The second-order valence-corrected chi connectivity index (χ2v) is 7.76. The minimum absolute atomic E-state index is 0.0209. The largest absolute Gasteiger partial charge is 0.324 e. The summed E-state index contributed by atoms with van der Waals surface area (Å²) in [6.07, 6.45) is 0. The summed E-state index contributed by atoms with van der Waals surface area (Å²) in [6, 6.07) is 18.7. The highest BCUT2D eigenvalue weighted by Crippen LogP contribution is 2.43. The number of aromatic amines is 1. The Labute approximate surface area is 160 Å². The van der Waals surface area contributed by atoms with E-state index in [1.807, 2.05) is 35.2 Å². The zero-order valence-corrected chi connectivity index (χ0v) is 16.2. The normalized spacial score (nSPS) is 16.4. The molecule has 1 atom stereocenters. The minimum Gasteiger partial charge on any atom is -0.324 e. The molecule has 0 saturated carbocycles. The van der Waals surface area contributed by atoms with Crippen LogP contribution in [-0.2, 0) is 0 Å². The van der Waals surface area contributed by atoms with Crippen molar-refractivity contribution in [2.24, 2.45) is 0 Å². The van der Waals surface area contributed by atoms with E-state index in [9.17, 15) is 4.79 Å². The highest BCUT2D eigenvalue weighted by Gasteiger charge is 2.43. The first-order valence-electron chi connectivity index (χ1n) is 9.55. The lowest BCUT2D eigenvalue weighted by atomic mass is 9.93. The van der Waals surface area contributed by atoms with Gasteiger partial charge in [-0.1, -0.05) is 68.4 Å². The average molecular weight is 359 g/mol. The van der Waals surface area contributed by atoms with E-state index in [4.69, 9.17) is 0 Å². The maximum absolute atomic E-state index is 13.1. The highest BCUT2D eigenvalue weighted by atomic mass is 16.2. The van der Waals surface area contributed by atoms with Crippen LogP contribution in [0.15, 0.2) is 54.6 Å². The van der Waals surface area contributed by atoms with Gasteiger partial charge in [-0.2, -0.15) is 5.10 Å². The minimum atomic E-state index is -0.123. The molecule has 1 N–H and O–H groups in total. The second-order valence-electron chi connectivity index (χ2n) is 7.76. The molecule has 3 aromatic rings. The van der Waals surface area contributed by atoms with Crippen LogP contribution in [0.5, 0.6) is 0 Å². The van der Waals surface area contributed by atoms with Crippen LogP contribution < -0.4 is 0 Å². The fraction of sp³-hybridized carbons (Fsp3) is 0.304. The van der Waals surface area contributed by atoms with Crippen LogP contribution in [0.25, 0.3) is 11.3 Å². The predicted octanol–water partition coefficient (Wildman–Crippen LogP) is 5.15. The summed E-state index contributed by atoms with van der Waals surface area (Å²) in [5.41, 5.74) is 5.91. The number of hydrogen-bond donors (Lipinski definition) is 1. The number of hydrogen-bond acceptors (Lipinski definition) is 2. The maximum Gasteiger partial charge on any atom is 0.273 e. The molecule has 0 spiro atoms. The molecule has 1 amide bonds. The number of carbonyl (C=O) groups excluding carboxylic acids is 1. The summed E-state index contributed by atoms with van der Waals surface area (Å²) in [7, 11) is 0. The molecule has 4 heteroatoms. The van der Waals surface area contributed by atoms with Crippen molar-refractivity contribution in [2.75, 3.05) is 0 Å². The van der Waals surface area contributed by atoms with Crippen LogP contribution in [0.4, 0.5) is 0 Å². The van der Waals surface area contributed by atoms with Crippen molar-refractivity contribution in [1.29, 1.82) is 0 Å². The van der Waals surface area contributed by atoms with Gasteiger partial charge in [0.15, 0.2) is 0 Å². The molecule has 1 aromatic heterocycles. The number of rotatable bonds is 4. The smallest absolute Gasteiger partial charge is 0.273 e.